The zero-order chi connectivity index (χ0) is 14.8. The van der Waals surface area contributed by atoms with Crippen molar-refractivity contribution >= 4 is 17.4 Å². The molecule has 6 nitrogen and oxygen atoms in total. The predicted molar refractivity (Wildman–Crippen MR) is 80.8 cm³/mol. The quantitative estimate of drug-likeness (QED) is 0.942. The Labute approximate surface area is 128 Å². The van der Waals surface area contributed by atoms with Crippen LogP contribution in [0.3, 0.4) is 0 Å². The maximum atomic E-state index is 9.21. The van der Waals surface area contributed by atoms with Gasteiger partial charge in [0, 0.05) is 13.1 Å². The first-order valence-electron chi connectivity index (χ1n) is 7.23. The Bertz CT molecular complexity index is 693. The average Bonchev–Trinajstić information content (AvgIpc) is 3.06. The largest absolute Gasteiger partial charge is 0.369 e. The number of anilines is 1. The first-order chi connectivity index (χ1) is 10.3. The van der Waals surface area contributed by atoms with E-state index in [2.05, 4.69) is 28.5 Å². The number of aryl methyl sites for hydroxylation is 1. The molecule has 1 N–H and O–H groups in total. The number of aromatic nitrogens is 4. The van der Waals surface area contributed by atoms with Crippen LogP contribution >= 0.6 is 11.6 Å². The van der Waals surface area contributed by atoms with Gasteiger partial charge < -0.3 is 5.32 Å². The molecule has 0 spiro atoms. The first-order valence-corrected chi connectivity index (χ1v) is 7.61. The standard InChI is InChI=1S/C14H17ClN6/c1-2-6-17-13-10(8-16)9-18-21(13)14-12(15)11-5-3-4-7-20(11)19-14/h9,17H,2-7H2,1H3. The van der Waals surface area contributed by atoms with Gasteiger partial charge in [0.05, 0.1) is 11.9 Å². The molecule has 0 aromatic carbocycles. The molecule has 0 aliphatic carbocycles. The topological polar surface area (TPSA) is 71.5 Å². The van der Waals surface area contributed by atoms with Crippen LogP contribution in [-0.2, 0) is 13.0 Å². The van der Waals surface area contributed by atoms with Gasteiger partial charge in [0.25, 0.3) is 0 Å². The van der Waals surface area contributed by atoms with Gasteiger partial charge in [-0.15, -0.1) is 0 Å². The lowest BCUT2D eigenvalue weighted by molar-refractivity contribution is 0.484. The molecule has 2 aromatic heterocycles. The van der Waals surface area contributed by atoms with Crippen molar-refractivity contribution in [1.82, 2.24) is 19.6 Å². The lowest BCUT2D eigenvalue weighted by Gasteiger charge is -2.12. The van der Waals surface area contributed by atoms with E-state index in [0.717, 1.165) is 44.5 Å². The second kappa shape index (κ2) is 5.78. The van der Waals surface area contributed by atoms with Gasteiger partial charge in [-0.2, -0.15) is 20.1 Å². The number of nitrogens with zero attached hydrogens (tertiary/aromatic N) is 5. The summed E-state index contributed by atoms with van der Waals surface area (Å²) in [6.45, 7) is 3.73. The monoisotopic (exact) mass is 304 g/mol. The minimum Gasteiger partial charge on any atom is -0.369 e. The number of nitrogens with one attached hydrogen (secondary N) is 1. The van der Waals surface area contributed by atoms with Crippen molar-refractivity contribution in [1.29, 1.82) is 5.26 Å². The Balaban J connectivity index is 2.06. The molecule has 1 aliphatic heterocycles. The van der Waals surface area contributed by atoms with Crippen molar-refractivity contribution in [2.24, 2.45) is 0 Å². The molecule has 21 heavy (non-hydrogen) atoms. The van der Waals surface area contributed by atoms with Crippen molar-refractivity contribution in [3.05, 3.63) is 22.5 Å². The summed E-state index contributed by atoms with van der Waals surface area (Å²) in [5.41, 5.74) is 1.57. The molecule has 7 heteroatoms. The van der Waals surface area contributed by atoms with Crippen molar-refractivity contribution in [3.8, 4) is 11.9 Å². The van der Waals surface area contributed by atoms with E-state index in [1.54, 1.807) is 10.9 Å². The number of hydrogen-bond acceptors (Lipinski definition) is 4. The van der Waals surface area contributed by atoms with E-state index in [-0.39, 0.29) is 0 Å². The summed E-state index contributed by atoms with van der Waals surface area (Å²) in [5.74, 6) is 1.27. The Morgan fingerprint density at radius 3 is 3.05 bits per heavy atom. The summed E-state index contributed by atoms with van der Waals surface area (Å²) in [7, 11) is 0. The Morgan fingerprint density at radius 1 is 1.48 bits per heavy atom. The summed E-state index contributed by atoms with van der Waals surface area (Å²) < 4.78 is 3.60. The fraction of sp³-hybridized carbons (Fsp3) is 0.500. The van der Waals surface area contributed by atoms with Crippen LogP contribution in [0.4, 0.5) is 5.82 Å². The van der Waals surface area contributed by atoms with Crippen LogP contribution < -0.4 is 5.32 Å². The van der Waals surface area contributed by atoms with Crippen molar-refractivity contribution < 1.29 is 0 Å². The Hall–Kier alpha value is -2.00. The highest BCUT2D eigenvalue weighted by molar-refractivity contribution is 6.32. The van der Waals surface area contributed by atoms with E-state index in [9.17, 15) is 5.26 Å². The lowest BCUT2D eigenvalue weighted by atomic mass is 10.1. The SMILES string of the molecule is CCCNc1c(C#N)cnn1-c1nn2c(c1Cl)CCCC2. The van der Waals surface area contributed by atoms with Gasteiger partial charge >= 0.3 is 0 Å². The van der Waals surface area contributed by atoms with E-state index in [0.29, 0.717) is 22.2 Å². The molecule has 110 valence electrons. The number of fused-ring (bicyclic) bond motifs is 1. The molecule has 0 saturated carbocycles. The smallest absolute Gasteiger partial charge is 0.196 e. The molecule has 1 aliphatic rings. The van der Waals surface area contributed by atoms with E-state index in [4.69, 9.17) is 11.6 Å². The predicted octanol–water partition coefficient (Wildman–Crippen LogP) is 2.75. The molecule has 3 rings (SSSR count). The van der Waals surface area contributed by atoms with Gasteiger partial charge in [0.15, 0.2) is 5.82 Å². The molecule has 0 amide bonds. The summed E-state index contributed by atoms with van der Waals surface area (Å²) in [6, 6.07) is 2.15. The third-order valence-corrected chi connectivity index (χ3v) is 4.03. The fourth-order valence-electron chi connectivity index (χ4n) is 2.58. The second-order valence-electron chi connectivity index (χ2n) is 5.12. The minimum absolute atomic E-state index is 0.505. The number of hydrogen-bond donors (Lipinski definition) is 1. The minimum atomic E-state index is 0.505. The van der Waals surface area contributed by atoms with Gasteiger partial charge in [-0.25, -0.2) is 0 Å². The van der Waals surface area contributed by atoms with E-state index < -0.39 is 0 Å². The maximum Gasteiger partial charge on any atom is 0.196 e. The molecule has 3 heterocycles. The third kappa shape index (κ3) is 2.38. The molecule has 0 atom stereocenters. The summed E-state index contributed by atoms with van der Waals surface area (Å²) in [5, 5.41) is 21.9. The number of rotatable bonds is 4. The highest BCUT2D eigenvalue weighted by Gasteiger charge is 2.23. The van der Waals surface area contributed by atoms with Crippen LogP contribution in [0.15, 0.2) is 6.20 Å². The molecular weight excluding hydrogens is 288 g/mol. The van der Waals surface area contributed by atoms with E-state index >= 15 is 0 Å². The maximum absolute atomic E-state index is 9.21. The van der Waals surface area contributed by atoms with Crippen LogP contribution in [0.25, 0.3) is 5.82 Å². The first kappa shape index (κ1) is 14.0. The molecule has 0 fully saturated rings. The van der Waals surface area contributed by atoms with Crippen molar-refractivity contribution in [2.75, 3.05) is 11.9 Å². The Morgan fingerprint density at radius 2 is 2.33 bits per heavy atom. The van der Waals surface area contributed by atoms with Gasteiger partial charge in [-0.3, -0.25) is 4.68 Å². The zero-order valence-electron chi connectivity index (χ0n) is 11.9. The van der Waals surface area contributed by atoms with Gasteiger partial charge in [0.2, 0.25) is 0 Å². The third-order valence-electron chi connectivity index (χ3n) is 3.64. The van der Waals surface area contributed by atoms with Gasteiger partial charge in [-0.1, -0.05) is 18.5 Å². The van der Waals surface area contributed by atoms with E-state index in [1.165, 1.54) is 0 Å². The van der Waals surface area contributed by atoms with Crippen LogP contribution in [0.5, 0.6) is 0 Å². The van der Waals surface area contributed by atoms with Crippen LogP contribution in [0, 0.1) is 11.3 Å². The summed E-state index contributed by atoms with van der Waals surface area (Å²) in [6.07, 6.45) is 5.70. The number of nitriles is 1. The van der Waals surface area contributed by atoms with Crippen LogP contribution in [0.1, 0.15) is 37.4 Å². The lowest BCUT2D eigenvalue weighted by Crippen LogP contribution is -2.11. The summed E-state index contributed by atoms with van der Waals surface area (Å²) >= 11 is 6.48. The van der Waals surface area contributed by atoms with Crippen molar-refractivity contribution in [2.45, 2.75) is 39.2 Å². The van der Waals surface area contributed by atoms with Gasteiger partial charge in [-0.05, 0) is 25.7 Å². The molecular formula is C14H17ClN6. The normalized spacial score (nSPS) is 13.8. The Kier molecular flexibility index (Phi) is 3.84. The summed E-state index contributed by atoms with van der Waals surface area (Å²) in [4.78, 5) is 0. The molecule has 0 bridgehead atoms. The molecule has 0 radical (unpaired) electrons. The van der Waals surface area contributed by atoms with E-state index in [1.807, 2.05) is 4.68 Å². The van der Waals surface area contributed by atoms with Crippen LogP contribution in [-0.4, -0.2) is 26.1 Å². The van der Waals surface area contributed by atoms with Crippen LogP contribution in [0.2, 0.25) is 5.02 Å². The highest BCUT2D eigenvalue weighted by Crippen LogP contribution is 2.30. The van der Waals surface area contributed by atoms with Gasteiger partial charge in [0.1, 0.15) is 22.5 Å². The molecule has 0 unspecified atom stereocenters. The van der Waals surface area contributed by atoms with Crippen molar-refractivity contribution in [3.63, 3.8) is 0 Å². The molecule has 2 aromatic rings. The average molecular weight is 305 g/mol. The highest BCUT2D eigenvalue weighted by atomic mass is 35.5. The fourth-order valence-corrected chi connectivity index (χ4v) is 2.89. The number of halogens is 1. The zero-order valence-corrected chi connectivity index (χ0v) is 12.7. The second-order valence-corrected chi connectivity index (χ2v) is 5.50. The molecule has 0 saturated heterocycles.